The van der Waals surface area contributed by atoms with Crippen molar-refractivity contribution in [2.75, 3.05) is 0 Å². The number of benzene rings is 1. The second-order valence-electron chi connectivity index (χ2n) is 3.01. The molecule has 0 spiro atoms. The Bertz CT molecular complexity index is 343. The highest BCUT2D eigenvalue weighted by Gasteiger charge is 2.03. The number of hydrogen-bond acceptors (Lipinski definition) is 0. The maximum atomic E-state index is 3.32. The number of hydrogen-bond donors (Lipinski definition) is 0. The maximum absolute atomic E-state index is 3.32. The van der Waals surface area contributed by atoms with E-state index < -0.39 is 0 Å². The fourth-order valence-corrected chi connectivity index (χ4v) is 1.46. The normalized spacial score (nSPS) is 14.9. The Hall–Kier alpha value is -1.30. The zero-order valence-electron chi connectivity index (χ0n) is 7.17. The molecule has 0 saturated heterocycles. The van der Waals surface area contributed by atoms with Crippen LogP contribution in [0.3, 0.4) is 0 Å². The summed E-state index contributed by atoms with van der Waals surface area (Å²) in [5.74, 6) is 0. The fourth-order valence-electron chi connectivity index (χ4n) is 1.46. The van der Waals surface area contributed by atoms with E-state index in [0.717, 1.165) is 6.42 Å². The number of allylic oxidation sites excluding steroid dienone is 4. The minimum atomic E-state index is 0.962. The molecule has 1 radical (unpaired) electrons. The Morgan fingerprint density at radius 1 is 1.25 bits per heavy atom. The second-order valence-corrected chi connectivity index (χ2v) is 3.01. The van der Waals surface area contributed by atoms with Crippen LogP contribution in [0.25, 0.3) is 5.57 Å². The van der Waals surface area contributed by atoms with Crippen LogP contribution in [0.1, 0.15) is 17.5 Å². The largest absolute Gasteiger partial charge is 0.0795 e. The third kappa shape index (κ3) is 1.20. The summed E-state index contributed by atoms with van der Waals surface area (Å²) in [5.41, 5.74) is 3.88. The van der Waals surface area contributed by atoms with Gasteiger partial charge in [-0.2, -0.15) is 0 Å². The molecular weight excluding hydrogens is 144 g/mol. The molecule has 0 heterocycles. The SMILES string of the molecule is Cc1ccccc1C1=[C]CC=C1. The molecule has 0 amide bonds. The first-order chi connectivity index (χ1) is 5.88. The van der Waals surface area contributed by atoms with Crippen molar-refractivity contribution in [3.8, 4) is 0 Å². The molecule has 1 aromatic rings. The van der Waals surface area contributed by atoms with Gasteiger partial charge in [0.15, 0.2) is 0 Å². The van der Waals surface area contributed by atoms with E-state index in [4.69, 9.17) is 0 Å². The van der Waals surface area contributed by atoms with Crippen molar-refractivity contribution in [2.24, 2.45) is 0 Å². The molecule has 0 atom stereocenters. The molecule has 0 fully saturated rings. The zero-order valence-corrected chi connectivity index (χ0v) is 7.17. The summed E-state index contributed by atoms with van der Waals surface area (Å²) >= 11 is 0. The molecule has 1 aliphatic rings. The molecule has 0 N–H and O–H groups in total. The minimum absolute atomic E-state index is 0.962. The third-order valence-corrected chi connectivity index (χ3v) is 2.13. The Balaban J connectivity index is 2.46. The summed E-state index contributed by atoms with van der Waals surface area (Å²) in [5, 5.41) is 0. The van der Waals surface area contributed by atoms with E-state index in [1.165, 1.54) is 16.7 Å². The van der Waals surface area contributed by atoms with Crippen LogP contribution in [0.2, 0.25) is 0 Å². The van der Waals surface area contributed by atoms with Gasteiger partial charge < -0.3 is 0 Å². The van der Waals surface area contributed by atoms with Crippen LogP contribution in [0.4, 0.5) is 0 Å². The van der Waals surface area contributed by atoms with Crippen LogP contribution in [-0.4, -0.2) is 0 Å². The van der Waals surface area contributed by atoms with Crippen molar-refractivity contribution in [2.45, 2.75) is 13.3 Å². The average molecular weight is 155 g/mol. The van der Waals surface area contributed by atoms with Crippen LogP contribution in [0.5, 0.6) is 0 Å². The molecule has 0 aromatic heterocycles. The lowest BCUT2D eigenvalue weighted by atomic mass is 10.0. The van der Waals surface area contributed by atoms with Gasteiger partial charge in [-0.1, -0.05) is 36.4 Å². The number of aryl methyl sites for hydroxylation is 1. The van der Waals surface area contributed by atoms with Crippen LogP contribution in [0, 0.1) is 13.0 Å². The third-order valence-electron chi connectivity index (χ3n) is 2.13. The van der Waals surface area contributed by atoms with Crippen molar-refractivity contribution in [3.63, 3.8) is 0 Å². The predicted molar refractivity (Wildman–Crippen MR) is 51.6 cm³/mol. The van der Waals surface area contributed by atoms with Gasteiger partial charge >= 0.3 is 0 Å². The van der Waals surface area contributed by atoms with Crippen molar-refractivity contribution in [1.82, 2.24) is 0 Å². The predicted octanol–water partition coefficient (Wildman–Crippen LogP) is 3.14. The summed E-state index contributed by atoms with van der Waals surface area (Å²) in [6.45, 7) is 2.14. The molecule has 1 aliphatic carbocycles. The van der Waals surface area contributed by atoms with E-state index in [9.17, 15) is 0 Å². The Labute approximate surface area is 73.2 Å². The molecule has 12 heavy (non-hydrogen) atoms. The quantitative estimate of drug-likeness (QED) is 0.584. The molecule has 0 heteroatoms. The van der Waals surface area contributed by atoms with Crippen LogP contribution in [-0.2, 0) is 0 Å². The van der Waals surface area contributed by atoms with Gasteiger partial charge in [-0.25, -0.2) is 0 Å². The van der Waals surface area contributed by atoms with Crippen molar-refractivity contribution >= 4 is 5.57 Å². The van der Waals surface area contributed by atoms with Crippen LogP contribution in [0.15, 0.2) is 36.4 Å². The van der Waals surface area contributed by atoms with Crippen molar-refractivity contribution in [3.05, 3.63) is 53.6 Å². The lowest BCUT2D eigenvalue weighted by molar-refractivity contribution is 1.38. The Morgan fingerprint density at radius 3 is 2.75 bits per heavy atom. The van der Waals surface area contributed by atoms with Gasteiger partial charge in [0.05, 0.1) is 0 Å². The van der Waals surface area contributed by atoms with E-state index in [0.29, 0.717) is 0 Å². The lowest BCUT2D eigenvalue weighted by Crippen LogP contribution is -1.83. The zero-order chi connectivity index (χ0) is 8.39. The van der Waals surface area contributed by atoms with Gasteiger partial charge in [0.1, 0.15) is 0 Å². The topological polar surface area (TPSA) is 0 Å². The van der Waals surface area contributed by atoms with E-state index >= 15 is 0 Å². The molecule has 0 aliphatic heterocycles. The smallest absolute Gasteiger partial charge is 0.00849 e. The Kier molecular flexibility index (Phi) is 1.83. The highest BCUT2D eigenvalue weighted by molar-refractivity contribution is 5.76. The standard InChI is InChI=1S/C12H11/c1-10-6-2-5-9-12(10)11-7-3-4-8-11/h2-3,5-7,9H,4H2,1H3. The van der Waals surface area contributed by atoms with Gasteiger partial charge in [0, 0.05) is 0 Å². The first kappa shape index (κ1) is 7.35. The molecule has 0 unspecified atom stereocenters. The number of rotatable bonds is 1. The van der Waals surface area contributed by atoms with Gasteiger partial charge in [-0.05, 0) is 36.1 Å². The van der Waals surface area contributed by atoms with Crippen molar-refractivity contribution in [1.29, 1.82) is 0 Å². The molecule has 2 rings (SSSR count). The molecule has 0 saturated carbocycles. The van der Waals surface area contributed by atoms with Crippen LogP contribution < -0.4 is 0 Å². The summed E-state index contributed by atoms with van der Waals surface area (Å²) in [6.07, 6.45) is 8.56. The van der Waals surface area contributed by atoms with Gasteiger partial charge in [0.25, 0.3) is 0 Å². The molecule has 59 valence electrons. The van der Waals surface area contributed by atoms with E-state index in [1.54, 1.807) is 0 Å². The molecule has 0 bridgehead atoms. The first-order valence-corrected chi connectivity index (χ1v) is 4.21. The van der Waals surface area contributed by atoms with Gasteiger partial charge in [-0.3, -0.25) is 0 Å². The fraction of sp³-hybridized carbons (Fsp3) is 0.167. The minimum Gasteiger partial charge on any atom is -0.0795 e. The molecular formula is C12H11. The summed E-state index contributed by atoms with van der Waals surface area (Å²) in [7, 11) is 0. The van der Waals surface area contributed by atoms with E-state index in [1.807, 2.05) is 0 Å². The average Bonchev–Trinajstić information content (AvgIpc) is 2.57. The summed E-state index contributed by atoms with van der Waals surface area (Å²) in [4.78, 5) is 0. The van der Waals surface area contributed by atoms with Gasteiger partial charge in [-0.15, -0.1) is 0 Å². The van der Waals surface area contributed by atoms with Gasteiger partial charge in [0.2, 0.25) is 0 Å². The monoisotopic (exact) mass is 155 g/mol. The molecule has 1 aromatic carbocycles. The maximum Gasteiger partial charge on any atom is -0.00849 e. The summed E-state index contributed by atoms with van der Waals surface area (Å²) in [6, 6.07) is 8.42. The van der Waals surface area contributed by atoms with Crippen molar-refractivity contribution < 1.29 is 0 Å². The highest BCUT2D eigenvalue weighted by Crippen LogP contribution is 2.23. The van der Waals surface area contributed by atoms with E-state index in [2.05, 4.69) is 49.4 Å². The first-order valence-electron chi connectivity index (χ1n) is 4.21. The Morgan fingerprint density at radius 2 is 2.08 bits per heavy atom. The highest BCUT2D eigenvalue weighted by atomic mass is 14.1. The molecule has 0 nitrogen and oxygen atoms in total. The van der Waals surface area contributed by atoms with E-state index in [-0.39, 0.29) is 0 Å². The van der Waals surface area contributed by atoms with Crippen LogP contribution >= 0.6 is 0 Å². The summed E-state index contributed by atoms with van der Waals surface area (Å²) < 4.78 is 0. The second kappa shape index (κ2) is 2.98. The lowest BCUT2D eigenvalue weighted by Gasteiger charge is -2.02.